The number of alkyl halides is 3. The second-order valence-electron chi connectivity index (χ2n) is 3.96. The second-order valence-corrected chi connectivity index (χ2v) is 4.37. The van der Waals surface area contributed by atoms with Crippen LogP contribution in [0.3, 0.4) is 0 Å². The summed E-state index contributed by atoms with van der Waals surface area (Å²) in [6.07, 6.45) is -7.42. The Hall–Kier alpha value is -1.67. The molecule has 5 nitrogen and oxygen atoms in total. The fraction of sp³-hybridized carbons (Fsp3) is 0.364. The molecular formula is C11H9ClF3NO4. The highest BCUT2D eigenvalue weighted by atomic mass is 35.5. The van der Waals surface area contributed by atoms with Gasteiger partial charge in [0.1, 0.15) is 0 Å². The maximum atomic E-state index is 12.1. The molecule has 0 fully saturated rings. The SMILES string of the molecule is O=C(NCC(O)C(F)(F)F)c1cc(Cl)c2c(c1)OCO2. The van der Waals surface area contributed by atoms with Crippen LogP contribution < -0.4 is 14.8 Å². The molecule has 0 saturated carbocycles. The number of hydrogen-bond donors (Lipinski definition) is 2. The van der Waals surface area contributed by atoms with E-state index in [9.17, 15) is 18.0 Å². The average molecular weight is 312 g/mol. The van der Waals surface area contributed by atoms with Gasteiger partial charge in [0.15, 0.2) is 17.6 Å². The molecule has 0 aromatic heterocycles. The van der Waals surface area contributed by atoms with Gasteiger partial charge in [-0.1, -0.05) is 11.6 Å². The normalized spacial score (nSPS) is 15.1. The van der Waals surface area contributed by atoms with Gasteiger partial charge in [0.2, 0.25) is 6.79 Å². The highest BCUT2D eigenvalue weighted by molar-refractivity contribution is 6.32. The number of fused-ring (bicyclic) bond motifs is 1. The molecule has 1 unspecified atom stereocenters. The van der Waals surface area contributed by atoms with E-state index in [0.29, 0.717) is 0 Å². The number of hydrogen-bond acceptors (Lipinski definition) is 4. The van der Waals surface area contributed by atoms with E-state index in [1.807, 2.05) is 5.32 Å². The van der Waals surface area contributed by atoms with Crippen molar-refractivity contribution in [1.82, 2.24) is 5.32 Å². The zero-order valence-corrected chi connectivity index (χ0v) is 10.6. The van der Waals surface area contributed by atoms with Gasteiger partial charge in [0.05, 0.1) is 11.6 Å². The minimum absolute atomic E-state index is 0.00799. The van der Waals surface area contributed by atoms with E-state index in [0.717, 1.165) is 0 Å². The second kappa shape index (κ2) is 5.37. The van der Waals surface area contributed by atoms with Gasteiger partial charge in [-0.15, -0.1) is 0 Å². The van der Waals surface area contributed by atoms with Gasteiger partial charge in [-0.05, 0) is 12.1 Å². The van der Waals surface area contributed by atoms with Crippen molar-refractivity contribution in [1.29, 1.82) is 0 Å². The van der Waals surface area contributed by atoms with Gasteiger partial charge in [-0.2, -0.15) is 13.2 Å². The summed E-state index contributed by atoms with van der Waals surface area (Å²) >= 11 is 5.84. The van der Waals surface area contributed by atoms with Crippen LogP contribution in [0.15, 0.2) is 12.1 Å². The molecule has 0 bridgehead atoms. The number of rotatable bonds is 3. The number of benzene rings is 1. The first-order valence-electron chi connectivity index (χ1n) is 5.41. The third kappa shape index (κ3) is 3.07. The van der Waals surface area contributed by atoms with Gasteiger partial charge in [-0.3, -0.25) is 4.79 Å². The fourth-order valence-electron chi connectivity index (χ4n) is 1.51. The smallest absolute Gasteiger partial charge is 0.416 e. The summed E-state index contributed by atoms with van der Waals surface area (Å²) in [5.74, 6) is -0.300. The molecule has 1 atom stereocenters. The highest BCUT2D eigenvalue weighted by Crippen LogP contribution is 2.39. The van der Waals surface area contributed by atoms with Crippen LogP contribution in [-0.2, 0) is 0 Å². The number of carbonyl (C=O) groups excluding carboxylic acids is 1. The summed E-state index contributed by atoms with van der Waals surface area (Å²) in [4.78, 5) is 11.7. The van der Waals surface area contributed by atoms with Crippen molar-refractivity contribution in [3.63, 3.8) is 0 Å². The van der Waals surface area contributed by atoms with E-state index in [1.54, 1.807) is 0 Å². The first-order chi connectivity index (χ1) is 9.29. The van der Waals surface area contributed by atoms with E-state index in [4.69, 9.17) is 26.2 Å². The van der Waals surface area contributed by atoms with Crippen molar-refractivity contribution >= 4 is 17.5 Å². The number of aliphatic hydroxyl groups is 1. The van der Waals surface area contributed by atoms with E-state index in [-0.39, 0.29) is 28.9 Å². The van der Waals surface area contributed by atoms with Crippen molar-refractivity contribution < 1.29 is 32.5 Å². The van der Waals surface area contributed by atoms with Crippen molar-refractivity contribution in [2.24, 2.45) is 0 Å². The Bertz CT molecular complexity index is 535. The zero-order valence-electron chi connectivity index (χ0n) is 9.83. The molecule has 1 aromatic rings. The molecule has 0 radical (unpaired) electrons. The number of aliphatic hydroxyl groups excluding tert-OH is 1. The van der Waals surface area contributed by atoms with Crippen molar-refractivity contribution in [3.05, 3.63) is 22.7 Å². The molecule has 0 aliphatic carbocycles. The monoisotopic (exact) mass is 311 g/mol. The summed E-state index contributed by atoms with van der Waals surface area (Å²) in [6.45, 7) is -0.999. The lowest BCUT2D eigenvalue weighted by atomic mass is 10.2. The molecular weight excluding hydrogens is 303 g/mol. The Morgan fingerprint density at radius 3 is 2.80 bits per heavy atom. The minimum atomic E-state index is -4.79. The van der Waals surface area contributed by atoms with Crippen LogP contribution in [0.4, 0.5) is 13.2 Å². The van der Waals surface area contributed by atoms with Gasteiger partial charge in [0, 0.05) is 5.56 Å². The van der Waals surface area contributed by atoms with Crippen LogP contribution in [-0.4, -0.2) is 36.6 Å². The number of carbonyl (C=O) groups is 1. The molecule has 1 amide bonds. The summed E-state index contributed by atoms with van der Waals surface area (Å²) in [5, 5.41) is 10.9. The van der Waals surface area contributed by atoms with Crippen molar-refractivity contribution in [3.8, 4) is 11.5 Å². The molecule has 9 heteroatoms. The largest absolute Gasteiger partial charge is 0.454 e. The maximum Gasteiger partial charge on any atom is 0.416 e. The van der Waals surface area contributed by atoms with E-state index >= 15 is 0 Å². The van der Waals surface area contributed by atoms with E-state index < -0.39 is 24.7 Å². The number of amides is 1. The number of nitrogens with one attached hydrogen (secondary N) is 1. The fourth-order valence-corrected chi connectivity index (χ4v) is 1.77. The van der Waals surface area contributed by atoms with Crippen LogP contribution in [0.1, 0.15) is 10.4 Å². The lowest BCUT2D eigenvalue weighted by Crippen LogP contribution is -2.40. The molecule has 1 aliphatic heterocycles. The van der Waals surface area contributed by atoms with Crippen LogP contribution in [0.25, 0.3) is 0 Å². The Balaban J connectivity index is 2.05. The van der Waals surface area contributed by atoms with E-state index in [2.05, 4.69) is 0 Å². The Morgan fingerprint density at radius 1 is 1.45 bits per heavy atom. The summed E-state index contributed by atoms with van der Waals surface area (Å²) < 4.78 is 46.3. The van der Waals surface area contributed by atoms with Crippen molar-refractivity contribution in [2.45, 2.75) is 12.3 Å². The molecule has 2 N–H and O–H groups in total. The third-order valence-corrected chi connectivity index (χ3v) is 2.80. The van der Waals surface area contributed by atoms with Crippen LogP contribution in [0.2, 0.25) is 5.02 Å². The van der Waals surface area contributed by atoms with Gasteiger partial charge in [-0.25, -0.2) is 0 Å². The van der Waals surface area contributed by atoms with Gasteiger partial charge < -0.3 is 19.9 Å². The van der Waals surface area contributed by atoms with Crippen LogP contribution >= 0.6 is 11.6 Å². The van der Waals surface area contributed by atoms with E-state index in [1.165, 1.54) is 12.1 Å². The quantitative estimate of drug-likeness (QED) is 0.892. The standard InChI is InChI=1S/C11H9ClF3NO4/c12-6-1-5(2-7-9(6)20-4-19-7)10(18)16-3-8(17)11(13,14)15/h1-2,8,17H,3-4H2,(H,16,18). The number of ether oxygens (including phenoxy) is 2. The Labute approximate surface area is 116 Å². The van der Waals surface area contributed by atoms with Gasteiger partial charge in [0.25, 0.3) is 5.91 Å². The molecule has 0 spiro atoms. The average Bonchev–Trinajstić information content (AvgIpc) is 2.82. The molecule has 1 aromatic carbocycles. The molecule has 20 heavy (non-hydrogen) atoms. The lowest BCUT2D eigenvalue weighted by Gasteiger charge is -2.15. The summed E-state index contributed by atoms with van der Waals surface area (Å²) in [7, 11) is 0. The maximum absolute atomic E-state index is 12.1. The first kappa shape index (κ1) is 14.7. The predicted molar refractivity (Wildman–Crippen MR) is 62.0 cm³/mol. The third-order valence-electron chi connectivity index (χ3n) is 2.52. The number of halogens is 4. The molecule has 110 valence electrons. The summed E-state index contributed by atoms with van der Waals surface area (Å²) in [5.41, 5.74) is 0.00799. The minimum Gasteiger partial charge on any atom is -0.454 e. The molecule has 1 heterocycles. The predicted octanol–water partition coefficient (Wildman–Crippen LogP) is 1.72. The zero-order chi connectivity index (χ0) is 14.9. The molecule has 0 saturated heterocycles. The lowest BCUT2D eigenvalue weighted by molar-refractivity contribution is -0.201. The Morgan fingerprint density at radius 2 is 2.15 bits per heavy atom. The molecule has 2 rings (SSSR count). The van der Waals surface area contributed by atoms with Crippen LogP contribution in [0, 0.1) is 0 Å². The topological polar surface area (TPSA) is 67.8 Å². The molecule has 1 aliphatic rings. The first-order valence-corrected chi connectivity index (χ1v) is 5.79. The highest BCUT2D eigenvalue weighted by Gasteiger charge is 2.38. The Kier molecular flexibility index (Phi) is 3.96. The summed E-state index contributed by atoms with van der Waals surface area (Å²) in [6, 6.07) is 2.54. The van der Waals surface area contributed by atoms with Crippen LogP contribution in [0.5, 0.6) is 11.5 Å². The van der Waals surface area contributed by atoms with Crippen molar-refractivity contribution in [2.75, 3.05) is 13.3 Å². The van der Waals surface area contributed by atoms with Gasteiger partial charge >= 0.3 is 6.18 Å².